The maximum Gasteiger partial charge on any atom is 0.427 e. The minimum absolute atomic E-state index is 0.0272. The fourth-order valence-corrected chi connectivity index (χ4v) is 2.50. The molecule has 3 nitrogen and oxygen atoms in total. The van der Waals surface area contributed by atoms with Crippen molar-refractivity contribution >= 4 is 5.69 Å². The van der Waals surface area contributed by atoms with Crippen molar-refractivity contribution in [2.75, 3.05) is 7.11 Å². The van der Waals surface area contributed by atoms with Crippen LogP contribution in [0.1, 0.15) is 26.3 Å². The highest BCUT2D eigenvalue weighted by Crippen LogP contribution is 2.55. The van der Waals surface area contributed by atoms with E-state index in [1.807, 2.05) is 0 Å². The molecule has 0 aliphatic carbocycles. The monoisotopic (exact) mass is 369 g/mol. The van der Waals surface area contributed by atoms with Gasteiger partial charge in [0, 0.05) is 11.0 Å². The van der Waals surface area contributed by atoms with E-state index in [1.54, 1.807) is 0 Å². The lowest BCUT2D eigenvalue weighted by Crippen LogP contribution is -2.66. The first-order valence-corrected chi connectivity index (χ1v) is 7.03. The molecule has 1 rings (SSSR count). The van der Waals surface area contributed by atoms with Crippen molar-refractivity contribution in [3.05, 3.63) is 35.2 Å². The van der Waals surface area contributed by atoms with Crippen LogP contribution in [-0.4, -0.2) is 25.1 Å². The molecule has 0 radical (unpaired) electrons. The van der Waals surface area contributed by atoms with Gasteiger partial charge in [0.15, 0.2) is 5.69 Å². The largest absolute Gasteiger partial charge is 0.498 e. The lowest BCUT2D eigenvalue weighted by molar-refractivity contribution is -0.413. The van der Waals surface area contributed by atoms with Gasteiger partial charge in [-0.05, 0) is 6.07 Å². The third-order valence-electron chi connectivity index (χ3n) is 3.70. The molecular weight excluding hydrogens is 352 g/mol. The molecule has 0 aliphatic heterocycles. The van der Waals surface area contributed by atoms with Gasteiger partial charge >= 0.3 is 12.4 Å². The van der Waals surface area contributed by atoms with E-state index in [2.05, 4.69) is 9.58 Å². The lowest BCUT2D eigenvalue weighted by Gasteiger charge is -2.46. The third kappa shape index (κ3) is 3.84. The van der Waals surface area contributed by atoms with Crippen molar-refractivity contribution in [1.29, 1.82) is 0 Å². The quantitative estimate of drug-likeness (QED) is 0.504. The van der Waals surface area contributed by atoms with Gasteiger partial charge in [0.05, 0.1) is 20.3 Å². The summed E-state index contributed by atoms with van der Waals surface area (Å²) in [6, 6.07) is 3.67. The Balaban J connectivity index is 3.37. The Bertz CT molecular complexity index is 617. The number of hydrogen-bond acceptors (Lipinski definition) is 2. The van der Waals surface area contributed by atoms with E-state index in [1.165, 1.54) is 25.3 Å². The van der Waals surface area contributed by atoms with E-state index < -0.39 is 30.0 Å². The summed E-state index contributed by atoms with van der Waals surface area (Å²) >= 11 is 0. The summed E-state index contributed by atoms with van der Waals surface area (Å²) in [5.74, 6) is -0.0272. The van der Waals surface area contributed by atoms with Gasteiger partial charge in [-0.25, -0.2) is 4.85 Å². The molecule has 0 atom stereocenters. The SMILES string of the molecule is [C-]#[N+]c1ccc(COC(C(C)(C)C)(C(F)(F)F)C(F)(F)F)c(OC)c1. The summed E-state index contributed by atoms with van der Waals surface area (Å²) in [5, 5.41) is 0. The van der Waals surface area contributed by atoms with Gasteiger partial charge in [-0.2, -0.15) is 26.3 Å². The Kier molecular flexibility index (Phi) is 5.69. The molecule has 25 heavy (non-hydrogen) atoms. The molecule has 140 valence electrons. The van der Waals surface area contributed by atoms with Gasteiger partial charge in [-0.15, -0.1) is 0 Å². The minimum atomic E-state index is -5.69. The van der Waals surface area contributed by atoms with Crippen molar-refractivity contribution in [2.45, 2.75) is 45.3 Å². The van der Waals surface area contributed by atoms with E-state index in [-0.39, 0.29) is 17.0 Å². The van der Waals surface area contributed by atoms with Crippen molar-refractivity contribution in [1.82, 2.24) is 0 Å². The van der Waals surface area contributed by atoms with Crippen molar-refractivity contribution in [2.24, 2.45) is 5.41 Å². The molecule has 0 aromatic heterocycles. The molecule has 0 N–H and O–H groups in total. The molecule has 0 spiro atoms. The molecule has 1 aromatic rings. The summed E-state index contributed by atoms with van der Waals surface area (Å²) in [7, 11) is 1.19. The predicted molar refractivity (Wildman–Crippen MR) is 78.3 cm³/mol. The zero-order valence-corrected chi connectivity index (χ0v) is 14.0. The van der Waals surface area contributed by atoms with Crippen molar-refractivity contribution < 1.29 is 35.8 Å². The second-order valence-corrected chi connectivity index (χ2v) is 6.32. The van der Waals surface area contributed by atoms with Crippen LogP contribution >= 0.6 is 0 Å². The molecule has 0 saturated carbocycles. The highest BCUT2D eigenvalue weighted by atomic mass is 19.4. The number of ether oxygens (including phenoxy) is 2. The van der Waals surface area contributed by atoms with Crippen LogP contribution < -0.4 is 4.74 Å². The van der Waals surface area contributed by atoms with Gasteiger partial charge in [-0.3, -0.25) is 0 Å². The number of benzene rings is 1. The summed E-state index contributed by atoms with van der Waals surface area (Å²) in [5.41, 5.74) is -6.57. The average molecular weight is 369 g/mol. The van der Waals surface area contributed by atoms with Crippen LogP contribution in [0.15, 0.2) is 18.2 Å². The van der Waals surface area contributed by atoms with Gasteiger partial charge < -0.3 is 9.47 Å². The predicted octanol–water partition coefficient (Wildman–Crippen LogP) is 5.67. The fraction of sp³-hybridized carbons (Fsp3) is 0.562. The van der Waals surface area contributed by atoms with Gasteiger partial charge in [0.2, 0.25) is 0 Å². The Morgan fingerprint density at radius 1 is 1.00 bits per heavy atom. The minimum Gasteiger partial charge on any atom is -0.498 e. The highest BCUT2D eigenvalue weighted by Gasteiger charge is 2.77. The Hall–Kier alpha value is -1.95. The molecule has 0 heterocycles. The van der Waals surface area contributed by atoms with Crippen LogP contribution in [0, 0.1) is 12.0 Å². The average Bonchev–Trinajstić information content (AvgIpc) is 2.43. The molecule has 0 saturated heterocycles. The molecule has 0 aliphatic rings. The molecule has 0 bridgehead atoms. The molecule has 0 fully saturated rings. The summed E-state index contributed by atoms with van der Waals surface area (Å²) in [6.45, 7) is 8.32. The fourth-order valence-electron chi connectivity index (χ4n) is 2.50. The molecule has 0 unspecified atom stereocenters. The number of nitrogens with zero attached hydrogens (tertiary/aromatic N) is 1. The molecular formula is C16H17F6NO2. The van der Waals surface area contributed by atoms with Gasteiger partial charge in [0.1, 0.15) is 5.75 Å². The van der Waals surface area contributed by atoms with E-state index in [0.717, 1.165) is 20.8 Å². The van der Waals surface area contributed by atoms with Crippen molar-refractivity contribution in [3.8, 4) is 5.75 Å². The van der Waals surface area contributed by atoms with E-state index >= 15 is 0 Å². The van der Waals surface area contributed by atoms with Crippen LogP contribution in [-0.2, 0) is 11.3 Å². The zero-order chi connectivity index (χ0) is 19.7. The number of methoxy groups -OCH3 is 1. The Morgan fingerprint density at radius 2 is 1.52 bits per heavy atom. The number of alkyl halides is 6. The van der Waals surface area contributed by atoms with Gasteiger partial charge in [0.25, 0.3) is 5.60 Å². The third-order valence-corrected chi connectivity index (χ3v) is 3.70. The summed E-state index contributed by atoms with van der Waals surface area (Å²) in [6.07, 6.45) is -11.4. The first-order valence-electron chi connectivity index (χ1n) is 7.03. The topological polar surface area (TPSA) is 22.8 Å². The normalized spacial score (nSPS) is 13.5. The second-order valence-electron chi connectivity index (χ2n) is 6.32. The maximum absolute atomic E-state index is 13.5. The summed E-state index contributed by atoms with van der Waals surface area (Å²) in [4.78, 5) is 3.12. The lowest BCUT2D eigenvalue weighted by atomic mass is 9.75. The number of halogens is 6. The maximum atomic E-state index is 13.5. The van der Waals surface area contributed by atoms with Gasteiger partial charge in [-0.1, -0.05) is 32.9 Å². The summed E-state index contributed by atoms with van der Waals surface area (Å²) < 4.78 is 90.2. The first kappa shape index (κ1) is 21.1. The second kappa shape index (κ2) is 6.75. The number of hydrogen-bond donors (Lipinski definition) is 0. The van der Waals surface area contributed by atoms with Crippen LogP contribution in [0.4, 0.5) is 32.0 Å². The van der Waals surface area contributed by atoms with Crippen LogP contribution in [0.3, 0.4) is 0 Å². The first-order chi connectivity index (χ1) is 11.2. The smallest absolute Gasteiger partial charge is 0.427 e. The Labute approximate surface area is 141 Å². The van der Waals surface area contributed by atoms with Crippen LogP contribution in [0.2, 0.25) is 0 Å². The van der Waals surface area contributed by atoms with E-state index in [9.17, 15) is 26.3 Å². The molecule has 1 aromatic carbocycles. The van der Waals surface area contributed by atoms with Crippen LogP contribution in [0.5, 0.6) is 5.75 Å². The van der Waals surface area contributed by atoms with Crippen molar-refractivity contribution in [3.63, 3.8) is 0 Å². The van der Waals surface area contributed by atoms with E-state index in [4.69, 9.17) is 11.3 Å². The number of rotatable bonds is 4. The Morgan fingerprint density at radius 3 is 1.88 bits per heavy atom. The van der Waals surface area contributed by atoms with E-state index in [0.29, 0.717) is 0 Å². The standard InChI is InChI=1S/C16H17F6NO2/c1-13(2,3)14(15(17,18)19,16(20,21)22)25-9-10-6-7-11(23-4)8-12(10)24-5/h6-8H,9H2,1-3,5H3. The molecule has 0 amide bonds. The van der Waals surface area contributed by atoms with Crippen LogP contribution in [0.25, 0.3) is 4.85 Å². The highest BCUT2D eigenvalue weighted by molar-refractivity contribution is 5.52. The molecule has 9 heteroatoms. The zero-order valence-electron chi connectivity index (χ0n) is 14.0.